The average Bonchev–Trinajstić information content (AvgIpc) is 2.54. The Hall–Kier alpha value is -2.08. The van der Waals surface area contributed by atoms with Gasteiger partial charge in [0.1, 0.15) is 5.82 Å². The number of benzene rings is 1. The minimum absolute atomic E-state index is 0.0995. The van der Waals surface area contributed by atoms with Gasteiger partial charge in [-0.15, -0.1) is 5.11 Å². The number of nitrogens with zero attached hydrogens (tertiary/aromatic N) is 3. The van der Waals surface area contributed by atoms with Crippen molar-refractivity contribution in [3.8, 4) is 0 Å². The first-order valence-corrected chi connectivity index (χ1v) is 5.17. The Balaban J connectivity index is 2.32. The van der Waals surface area contributed by atoms with Gasteiger partial charge in [-0.05, 0) is 24.3 Å². The number of aromatic nitrogens is 2. The molecule has 2 rings (SSSR count). The van der Waals surface area contributed by atoms with Gasteiger partial charge in [0, 0.05) is 12.1 Å². The minimum atomic E-state index is -0.319. The second-order valence-corrected chi connectivity index (χ2v) is 3.85. The van der Waals surface area contributed by atoms with Crippen LogP contribution in [0.4, 0.5) is 17.2 Å². The number of hydrogen-bond donors (Lipinski definition) is 2. The van der Waals surface area contributed by atoms with Crippen LogP contribution >= 0.6 is 11.6 Å². The molecule has 0 bridgehead atoms. The van der Waals surface area contributed by atoms with Gasteiger partial charge in [0.15, 0.2) is 5.69 Å². The average molecular weight is 252 g/mol. The van der Waals surface area contributed by atoms with E-state index in [-0.39, 0.29) is 17.1 Å². The Morgan fingerprint density at radius 2 is 1.94 bits per heavy atom. The summed E-state index contributed by atoms with van der Waals surface area (Å²) in [6, 6.07) is 6.77. The number of nitrogen functional groups attached to an aromatic ring is 1. The number of aromatic amines is 1. The predicted octanol–water partition coefficient (Wildman–Crippen LogP) is 2.36. The summed E-state index contributed by atoms with van der Waals surface area (Å²) in [7, 11) is 1.56. The van der Waals surface area contributed by atoms with E-state index < -0.39 is 0 Å². The Labute approximate surface area is 102 Å². The third-order valence-electron chi connectivity index (χ3n) is 2.14. The fraction of sp³-hybridized carbons (Fsp3) is 0.100. The fourth-order valence-corrected chi connectivity index (χ4v) is 1.40. The molecule has 1 heterocycles. The molecule has 0 unspecified atom stereocenters. The summed E-state index contributed by atoms with van der Waals surface area (Å²) in [5, 5.41) is 11.0. The van der Waals surface area contributed by atoms with E-state index in [4.69, 9.17) is 17.3 Å². The lowest BCUT2D eigenvalue weighted by molar-refractivity contribution is 0.743. The molecule has 1 aromatic carbocycles. The van der Waals surface area contributed by atoms with E-state index in [0.717, 1.165) is 0 Å². The number of nitrogens with two attached hydrogens (primary N) is 1. The lowest BCUT2D eigenvalue weighted by atomic mass is 10.3. The van der Waals surface area contributed by atoms with Crippen molar-refractivity contribution in [1.82, 2.24) is 9.78 Å². The monoisotopic (exact) mass is 251 g/mol. The molecule has 6 nitrogen and oxygen atoms in total. The van der Waals surface area contributed by atoms with Crippen LogP contribution in [0.1, 0.15) is 0 Å². The van der Waals surface area contributed by atoms with Crippen LogP contribution in [0.25, 0.3) is 0 Å². The van der Waals surface area contributed by atoms with Gasteiger partial charge >= 0.3 is 0 Å². The zero-order chi connectivity index (χ0) is 12.4. The highest BCUT2D eigenvalue weighted by Crippen LogP contribution is 2.20. The molecule has 0 saturated heterocycles. The highest BCUT2D eigenvalue weighted by molar-refractivity contribution is 6.30. The van der Waals surface area contributed by atoms with Gasteiger partial charge in [0.2, 0.25) is 0 Å². The Morgan fingerprint density at radius 3 is 2.47 bits per heavy atom. The fourth-order valence-electron chi connectivity index (χ4n) is 1.27. The number of hydrogen-bond acceptors (Lipinski definition) is 4. The van der Waals surface area contributed by atoms with Crippen LogP contribution in [-0.2, 0) is 7.05 Å². The Bertz CT molecular complexity index is 611. The van der Waals surface area contributed by atoms with E-state index in [2.05, 4.69) is 15.3 Å². The first-order valence-electron chi connectivity index (χ1n) is 4.79. The summed E-state index contributed by atoms with van der Waals surface area (Å²) >= 11 is 5.73. The maximum atomic E-state index is 11.5. The molecule has 0 amide bonds. The Morgan fingerprint density at radius 1 is 1.29 bits per heavy atom. The van der Waals surface area contributed by atoms with Crippen molar-refractivity contribution in [2.24, 2.45) is 17.3 Å². The molecule has 2 aromatic rings. The van der Waals surface area contributed by atoms with Crippen molar-refractivity contribution in [2.45, 2.75) is 0 Å². The maximum absolute atomic E-state index is 11.5. The van der Waals surface area contributed by atoms with Crippen LogP contribution in [-0.4, -0.2) is 9.78 Å². The van der Waals surface area contributed by atoms with Crippen molar-refractivity contribution in [1.29, 1.82) is 0 Å². The second kappa shape index (κ2) is 4.42. The van der Waals surface area contributed by atoms with E-state index in [9.17, 15) is 4.79 Å². The van der Waals surface area contributed by atoms with Crippen LogP contribution < -0.4 is 11.3 Å². The number of halogens is 1. The second-order valence-electron chi connectivity index (χ2n) is 3.41. The van der Waals surface area contributed by atoms with Crippen LogP contribution in [0.5, 0.6) is 0 Å². The molecule has 1 aromatic heterocycles. The highest BCUT2D eigenvalue weighted by atomic mass is 35.5. The van der Waals surface area contributed by atoms with Crippen molar-refractivity contribution < 1.29 is 0 Å². The first-order chi connectivity index (χ1) is 8.08. The highest BCUT2D eigenvalue weighted by Gasteiger charge is 2.08. The van der Waals surface area contributed by atoms with Crippen molar-refractivity contribution in [2.75, 3.05) is 5.73 Å². The number of rotatable bonds is 2. The number of azo groups is 1. The van der Waals surface area contributed by atoms with Gasteiger partial charge < -0.3 is 5.73 Å². The molecule has 0 aliphatic heterocycles. The van der Waals surface area contributed by atoms with Crippen LogP contribution in [0.3, 0.4) is 0 Å². The molecule has 0 aliphatic carbocycles. The topological polar surface area (TPSA) is 88.5 Å². The van der Waals surface area contributed by atoms with E-state index in [1.54, 1.807) is 31.3 Å². The minimum Gasteiger partial charge on any atom is -0.382 e. The molecule has 3 N–H and O–H groups in total. The van der Waals surface area contributed by atoms with Gasteiger partial charge in [-0.1, -0.05) is 11.6 Å². The van der Waals surface area contributed by atoms with E-state index in [1.807, 2.05) is 0 Å². The number of H-pyrrole nitrogens is 1. The summed E-state index contributed by atoms with van der Waals surface area (Å²) in [5.74, 6) is 0.190. The third kappa shape index (κ3) is 2.36. The predicted molar refractivity (Wildman–Crippen MR) is 66.1 cm³/mol. The quantitative estimate of drug-likeness (QED) is 0.803. The maximum Gasteiger partial charge on any atom is 0.296 e. The number of anilines is 1. The molecule has 7 heteroatoms. The lowest BCUT2D eigenvalue weighted by Gasteiger charge is -1.91. The third-order valence-corrected chi connectivity index (χ3v) is 2.39. The van der Waals surface area contributed by atoms with Gasteiger partial charge in [0.25, 0.3) is 5.56 Å². The zero-order valence-electron chi connectivity index (χ0n) is 9.01. The summed E-state index contributed by atoms with van der Waals surface area (Å²) in [6.07, 6.45) is 0. The van der Waals surface area contributed by atoms with Gasteiger partial charge in [-0.25, -0.2) is 0 Å². The number of nitrogens with one attached hydrogen (secondary N) is 1. The lowest BCUT2D eigenvalue weighted by Crippen LogP contribution is -2.10. The molecule has 0 spiro atoms. The van der Waals surface area contributed by atoms with E-state index >= 15 is 0 Å². The van der Waals surface area contributed by atoms with E-state index in [1.165, 1.54) is 4.68 Å². The summed E-state index contributed by atoms with van der Waals surface area (Å²) in [5.41, 5.74) is 5.95. The molecule has 0 radical (unpaired) electrons. The van der Waals surface area contributed by atoms with Crippen LogP contribution in [0.2, 0.25) is 5.02 Å². The van der Waals surface area contributed by atoms with E-state index in [0.29, 0.717) is 10.7 Å². The summed E-state index contributed by atoms with van der Waals surface area (Å²) in [6.45, 7) is 0. The van der Waals surface area contributed by atoms with Gasteiger partial charge in [-0.3, -0.25) is 14.6 Å². The van der Waals surface area contributed by atoms with Crippen molar-refractivity contribution in [3.05, 3.63) is 39.6 Å². The number of aryl methyl sites for hydroxylation is 1. The first kappa shape index (κ1) is 11.4. The standard InChI is InChI=1S/C10H10ClN5O/c1-16-10(17)8(9(12)15-16)14-13-7-4-2-6(11)3-5-7/h2-5,15H,12H2,1H3. The largest absolute Gasteiger partial charge is 0.382 e. The molecular formula is C10H10ClN5O. The summed E-state index contributed by atoms with van der Waals surface area (Å²) < 4.78 is 1.24. The molecular weight excluding hydrogens is 242 g/mol. The molecule has 0 saturated carbocycles. The molecule has 0 atom stereocenters. The van der Waals surface area contributed by atoms with Gasteiger partial charge in [0.05, 0.1) is 5.69 Å². The van der Waals surface area contributed by atoms with Crippen LogP contribution in [0.15, 0.2) is 39.3 Å². The zero-order valence-corrected chi connectivity index (χ0v) is 9.77. The molecule has 17 heavy (non-hydrogen) atoms. The Kier molecular flexibility index (Phi) is 2.97. The van der Waals surface area contributed by atoms with Crippen molar-refractivity contribution >= 4 is 28.8 Å². The molecule has 0 fully saturated rings. The molecule has 88 valence electrons. The smallest absolute Gasteiger partial charge is 0.296 e. The normalized spacial score (nSPS) is 11.2. The van der Waals surface area contributed by atoms with Gasteiger partial charge in [-0.2, -0.15) is 5.11 Å². The van der Waals surface area contributed by atoms with Crippen LogP contribution in [0, 0.1) is 0 Å². The van der Waals surface area contributed by atoms with Crippen molar-refractivity contribution in [3.63, 3.8) is 0 Å². The summed E-state index contributed by atoms with van der Waals surface area (Å²) in [4.78, 5) is 11.5. The SMILES string of the molecule is Cn1[nH]c(N)c(N=Nc2ccc(Cl)cc2)c1=O. The molecule has 0 aliphatic rings.